The van der Waals surface area contributed by atoms with Gasteiger partial charge in [-0.3, -0.25) is 4.79 Å². The second kappa shape index (κ2) is 9.74. The van der Waals surface area contributed by atoms with E-state index in [0.717, 1.165) is 48.6 Å². The summed E-state index contributed by atoms with van der Waals surface area (Å²) in [5, 5.41) is 16.6. The van der Waals surface area contributed by atoms with Gasteiger partial charge in [-0.1, -0.05) is 29.8 Å². The standard InChI is InChI=1S/C27H30N6O2/c1-18-4-6-20(7-5-18)19(2)28-27(34)22-14-16-32(17-15-22)25-13-12-24-29-30-26(33(24)31-25)21-8-10-23(35-3)11-9-21/h4-13,19,22H,14-17H2,1-3H3,(H,28,34)/t19-/m0/s1. The van der Waals surface area contributed by atoms with Gasteiger partial charge in [0.25, 0.3) is 0 Å². The molecule has 180 valence electrons. The summed E-state index contributed by atoms with van der Waals surface area (Å²) in [5.74, 6) is 2.47. The average molecular weight is 471 g/mol. The summed E-state index contributed by atoms with van der Waals surface area (Å²) in [6.07, 6.45) is 1.58. The Labute approximate surface area is 204 Å². The van der Waals surface area contributed by atoms with Crippen LogP contribution in [0.2, 0.25) is 0 Å². The van der Waals surface area contributed by atoms with Crippen molar-refractivity contribution in [2.75, 3.05) is 25.1 Å². The van der Waals surface area contributed by atoms with Crippen molar-refractivity contribution in [2.24, 2.45) is 5.92 Å². The van der Waals surface area contributed by atoms with Crippen LogP contribution >= 0.6 is 0 Å². The van der Waals surface area contributed by atoms with E-state index in [1.54, 1.807) is 11.6 Å². The highest BCUT2D eigenvalue weighted by Gasteiger charge is 2.27. The first-order valence-electron chi connectivity index (χ1n) is 12.0. The number of benzene rings is 2. The lowest BCUT2D eigenvalue weighted by molar-refractivity contribution is -0.126. The normalized spacial score (nSPS) is 15.2. The molecule has 8 nitrogen and oxygen atoms in total. The van der Waals surface area contributed by atoms with Crippen LogP contribution in [0.5, 0.6) is 5.75 Å². The molecule has 0 radical (unpaired) electrons. The van der Waals surface area contributed by atoms with Gasteiger partial charge in [-0.15, -0.1) is 15.3 Å². The number of rotatable bonds is 6. The maximum Gasteiger partial charge on any atom is 0.223 e. The molecule has 1 aliphatic rings. The third-order valence-corrected chi connectivity index (χ3v) is 6.72. The highest BCUT2D eigenvalue weighted by molar-refractivity contribution is 5.79. The van der Waals surface area contributed by atoms with Crippen molar-refractivity contribution in [3.05, 3.63) is 71.8 Å². The SMILES string of the molecule is COc1ccc(-c2nnc3ccc(N4CCC(C(=O)N[C@@H](C)c5ccc(C)cc5)CC4)nn23)cc1. The Balaban J connectivity index is 1.24. The Bertz CT molecular complexity index is 1310. The van der Waals surface area contributed by atoms with Gasteiger partial charge in [-0.2, -0.15) is 4.52 Å². The van der Waals surface area contributed by atoms with E-state index in [-0.39, 0.29) is 17.9 Å². The number of ether oxygens (including phenoxy) is 1. The quantitative estimate of drug-likeness (QED) is 0.455. The molecule has 1 saturated heterocycles. The Morgan fingerprint density at radius 1 is 1.00 bits per heavy atom. The number of aromatic nitrogens is 4. The van der Waals surface area contributed by atoms with Crippen molar-refractivity contribution in [1.29, 1.82) is 0 Å². The fourth-order valence-electron chi connectivity index (χ4n) is 4.51. The summed E-state index contributed by atoms with van der Waals surface area (Å²) in [6, 6.07) is 19.9. The van der Waals surface area contributed by atoms with E-state index in [4.69, 9.17) is 9.84 Å². The Hall–Kier alpha value is -3.94. The lowest BCUT2D eigenvalue weighted by Gasteiger charge is -2.32. The van der Waals surface area contributed by atoms with Crippen molar-refractivity contribution in [3.63, 3.8) is 0 Å². The summed E-state index contributed by atoms with van der Waals surface area (Å²) in [5.41, 5.74) is 3.95. The Morgan fingerprint density at radius 3 is 2.40 bits per heavy atom. The van der Waals surface area contributed by atoms with E-state index in [2.05, 4.69) is 51.6 Å². The summed E-state index contributed by atoms with van der Waals surface area (Å²) < 4.78 is 7.03. The number of methoxy groups -OCH3 is 1. The molecule has 0 spiro atoms. The molecule has 5 rings (SSSR count). The maximum absolute atomic E-state index is 12.9. The van der Waals surface area contributed by atoms with Gasteiger partial charge in [0.15, 0.2) is 11.5 Å². The van der Waals surface area contributed by atoms with Crippen LogP contribution in [0.3, 0.4) is 0 Å². The molecule has 1 amide bonds. The molecule has 4 aromatic rings. The number of fused-ring (bicyclic) bond motifs is 1. The van der Waals surface area contributed by atoms with Gasteiger partial charge in [0.05, 0.1) is 13.2 Å². The molecular formula is C27H30N6O2. The molecule has 0 bridgehead atoms. The number of anilines is 1. The van der Waals surface area contributed by atoms with Crippen LogP contribution in [0.25, 0.3) is 17.0 Å². The van der Waals surface area contributed by atoms with Gasteiger partial charge < -0.3 is 15.0 Å². The molecule has 1 aliphatic heterocycles. The highest BCUT2D eigenvalue weighted by atomic mass is 16.5. The fraction of sp³-hybridized carbons (Fsp3) is 0.333. The third kappa shape index (κ3) is 4.82. The first-order chi connectivity index (χ1) is 17.0. The smallest absolute Gasteiger partial charge is 0.223 e. The number of hydrogen-bond donors (Lipinski definition) is 1. The van der Waals surface area contributed by atoms with E-state index < -0.39 is 0 Å². The lowest BCUT2D eigenvalue weighted by atomic mass is 9.95. The number of piperidine rings is 1. The van der Waals surface area contributed by atoms with Crippen molar-refractivity contribution >= 4 is 17.4 Å². The van der Waals surface area contributed by atoms with Gasteiger partial charge in [-0.05, 0) is 68.7 Å². The van der Waals surface area contributed by atoms with Crippen molar-refractivity contribution in [2.45, 2.75) is 32.7 Å². The van der Waals surface area contributed by atoms with Crippen LogP contribution in [-0.4, -0.2) is 45.9 Å². The van der Waals surface area contributed by atoms with E-state index in [9.17, 15) is 4.79 Å². The largest absolute Gasteiger partial charge is 0.497 e. The minimum Gasteiger partial charge on any atom is -0.497 e. The molecule has 0 unspecified atom stereocenters. The molecule has 35 heavy (non-hydrogen) atoms. The molecule has 0 aliphatic carbocycles. The van der Waals surface area contributed by atoms with E-state index in [1.807, 2.05) is 43.3 Å². The number of carbonyl (C=O) groups excluding carboxylic acids is 1. The summed E-state index contributed by atoms with van der Waals surface area (Å²) >= 11 is 0. The predicted octanol–water partition coefficient (Wildman–Crippen LogP) is 4.20. The first-order valence-corrected chi connectivity index (χ1v) is 12.0. The molecule has 3 heterocycles. The summed E-state index contributed by atoms with van der Waals surface area (Å²) in [7, 11) is 1.65. The van der Waals surface area contributed by atoms with Gasteiger partial charge >= 0.3 is 0 Å². The zero-order valence-corrected chi connectivity index (χ0v) is 20.3. The van der Waals surface area contributed by atoms with Gasteiger partial charge in [0.2, 0.25) is 5.91 Å². The lowest BCUT2D eigenvalue weighted by Crippen LogP contribution is -2.41. The van der Waals surface area contributed by atoms with Crippen LogP contribution in [-0.2, 0) is 4.79 Å². The van der Waals surface area contributed by atoms with Crippen LogP contribution in [0.1, 0.15) is 36.9 Å². The first kappa shape index (κ1) is 22.8. The summed E-state index contributed by atoms with van der Waals surface area (Å²) in [6.45, 7) is 5.65. The maximum atomic E-state index is 12.9. The molecule has 2 aromatic heterocycles. The van der Waals surface area contributed by atoms with Gasteiger partial charge in [0, 0.05) is 24.6 Å². The summed E-state index contributed by atoms with van der Waals surface area (Å²) in [4.78, 5) is 15.1. The van der Waals surface area contributed by atoms with Crippen LogP contribution in [0.4, 0.5) is 5.82 Å². The fourth-order valence-corrected chi connectivity index (χ4v) is 4.51. The number of hydrogen-bond acceptors (Lipinski definition) is 6. The molecule has 2 aromatic carbocycles. The predicted molar refractivity (Wildman–Crippen MR) is 135 cm³/mol. The zero-order valence-electron chi connectivity index (χ0n) is 20.3. The monoisotopic (exact) mass is 470 g/mol. The number of nitrogens with one attached hydrogen (secondary N) is 1. The average Bonchev–Trinajstić information content (AvgIpc) is 3.32. The van der Waals surface area contributed by atoms with Crippen molar-refractivity contribution in [1.82, 2.24) is 25.1 Å². The third-order valence-electron chi connectivity index (χ3n) is 6.72. The number of aryl methyl sites for hydroxylation is 1. The highest BCUT2D eigenvalue weighted by Crippen LogP contribution is 2.25. The Kier molecular flexibility index (Phi) is 6.35. The molecule has 1 fully saturated rings. The van der Waals surface area contributed by atoms with Crippen LogP contribution in [0, 0.1) is 12.8 Å². The topological polar surface area (TPSA) is 84.7 Å². The second-order valence-electron chi connectivity index (χ2n) is 9.12. The Morgan fingerprint density at radius 2 is 1.71 bits per heavy atom. The molecular weight excluding hydrogens is 440 g/mol. The molecule has 8 heteroatoms. The second-order valence-corrected chi connectivity index (χ2v) is 9.12. The van der Waals surface area contributed by atoms with E-state index in [1.165, 1.54) is 5.56 Å². The number of amides is 1. The van der Waals surface area contributed by atoms with Crippen LogP contribution < -0.4 is 15.0 Å². The molecule has 1 atom stereocenters. The molecule has 1 N–H and O–H groups in total. The zero-order chi connectivity index (χ0) is 24.4. The van der Waals surface area contributed by atoms with Gasteiger partial charge in [-0.25, -0.2) is 0 Å². The van der Waals surface area contributed by atoms with Crippen LogP contribution in [0.15, 0.2) is 60.7 Å². The number of nitrogens with zero attached hydrogens (tertiary/aromatic N) is 5. The van der Waals surface area contributed by atoms with E-state index >= 15 is 0 Å². The van der Waals surface area contributed by atoms with E-state index in [0.29, 0.717) is 11.5 Å². The number of carbonyl (C=O) groups is 1. The van der Waals surface area contributed by atoms with Crippen molar-refractivity contribution in [3.8, 4) is 17.1 Å². The minimum atomic E-state index is -0.00433. The minimum absolute atomic E-state index is 0.00433. The van der Waals surface area contributed by atoms with Crippen molar-refractivity contribution < 1.29 is 9.53 Å². The molecule has 0 saturated carbocycles. The van der Waals surface area contributed by atoms with Gasteiger partial charge in [0.1, 0.15) is 11.6 Å².